The van der Waals surface area contributed by atoms with Crippen LogP contribution in [0.1, 0.15) is 10.4 Å². The molecule has 24 heavy (non-hydrogen) atoms. The van der Waals surface area contributed by atoms with E-state index in [4.69, 9.17) is 27.9 Å². The fourth-order valence-electron chi connectivity index (χ4n) is 2.11. The number of halogens is 2. The molecule has 0 spiro atoms. The number of nitro benzene ring substituents is 1. The Balaban J connectivity index is 1.97. The number of pyridine rings is 1. The molecule has 0 amide bonds. The van der Waals surface area contributed by atoms with E-state index in [-0.39, 0.29) is 22.0 Å². The molecule has 1 aromatic heterocycles. The Bertz CT molecular complexity index is 958. The average Bonchev–Trinajstić information content (AvgIpc) is 2.58. The lowest BCUT2D eigenvalue weighted by atomic mass is 10.2. The van der Waals surface area contributed by atoms with E-state index in [1.807, 2.05) is 0 Å². The molecule has 0 aliphatic rings. The number of carbonyl (C=O) groups is 1. The normalized spacial score (nSPS) is 10.6. The van der Waals surface area contributed by atoms with Crippen LogP contribution >= 0.6 is 23.2 Å². The van der Waals surface area contributed by atoms with Crippen LogP contribution in [0.25, 0.3) is 10.9 Å². The van der Waals surface area contributed by atoms with E-state index in [1.165, 1.54) is 36.5 Å². The number of benzene rings is 2. The number of aromatic nitrogens is 1. The minimum absolute atomic E-state index is 0.0834. The standard InChI is InChI=1S/C16H8Cl2N2O4/c17-12-8-13(18)15(14-11(12)2-1-7-19-14)24-16(21)9-3-5-10(6-4-9)20(22)23/h1-8H. The lowest BCUT2D eigenvalue weighted by molar-refractivity contribution is -0.384. The number of nitrogens with zero attached hydrogens (tertiary/aromatic N) is 2. The van der Waals surface area contributed by atoms with E-state index in [9.17, 15) is 14.9 Å². The average molecular weight is 363 g/mol. The Kier molecular flexibility index (Phi) is 4.33. The molecule has 120 valence electrons. The minimum atomic E-state index is -0.707. The lowest BCUT2D eigenvalue weighted by Crippen LogP contribution is -2.09. The van der Waals surface area contributed by atoms with Crippen LogP contribution in [0.5, 0.6) is 5.75 Å². The monoisotopic (exact) mass is 362 g/mol. The third-order valence-electron chi connectivity index (χ3n) is 3.26. The highest BCUT2D eigenvalue weighted by Gasteiger charge is 2.18. The van der Waals surface area contributed by atoms with Gasteiger partial charge >= 0.3 is 5.97 Å². The van der Waals surface area contributed by atoms with Crippen molar-refractivity contribution in [2.45, 2.75) is 0 Å². The van der Waals surface area contributed by atoms with Crippen molar-refractivity contribution < 1.29 is 14.5 Å². The van der Waals surface area contributed by atoms with Gasteiger partial charge in [0.15, 0.2) is 5.75 Å². The smallest absolute Gasteiger partial charge is 0.343 e. The van der Waals surface area contributed by atoms with Gasteiger partial charge in [0.25, 0.3) is 5.69 Å². The zero-order valence-corrected chi connectivity index (χ0v) is 13.4. The summed E-state index contributed by atoms with van der Waals surface area (Å²) < 4.78 is 5.34. The molecule has 6 nitrogen and oxygen atoms in total. The summed E-state index contributed by atoms with van der Waals surface area (Å²) in [7, 11) is 0. The summed E-state index contributed by atoms with van der Waals surface area (Å²) in [6, 6.07) is 9.94. The van der Waals surface area contributed by atoms with Gasteiger partial charge in [0, 0.05) is 23.7 Å². The van der Waals surface area contributed by atoms with Crippen LogP contribution in [0, 0.1) is 10.1 Å². The van der Waals surface area contributed by atoms with Crippen LogP contribution in [-0.4, -0.2) is 15.9 Å². The minimum Gasteiger partial charge on any atom is -0.419 e. The summed E-state index contributed by atoms with van der Waals surface area (Å²) in [6.07, 6.45) is 1.53. The predicted octanol–water partition coefficient (Wildman–Crippen LogP) is 4.67. The van der Waals surface area contributed by atoms with Crippen LogP contribution in [0.2, 0.25) is 10.0 Å². The Morgan fingerprint density at radius 2 is 1.83 bits per heavy atom. The van der Waals surface area contributed by atoms with Crippen LogP contribution < -0.4 is 4.74 Å². The molecule has 3 aromatic rings. The van der Waals surface area contributed by atoms with Crippen molar-refractivity contribution in [3.05, 3.63) is 74.4 Å². The van der Waals surface area contributed by atoms with Gasteiger partial charge in [-0.15, -0.1) is 0 Å². The van der Waals surface area contributed by atoms with E-state index in [1.54, 1.807) is 12.1 Å². The first kappa shape index (κ1) is 16.2. The number of nitro groups is 1. The first-order valence-electron chi connectivity index (χ1n) is 6.66. The van der Waals surface area contributed by atoms with Gasteiger partial charge in [-0.2, -0.15) is 0 Å². The second-order valence-corrected chi connectivity index (χ2v) is 5.58. The van der Waals surface area contributed by atoms with Gasteiger partial charge in [0.1, 0.15) is 5.52 Å². The molecule has 0 atom stereocenters. The quantitative estimate of drug-likeness (QED) is 0.292. The van der Waals surface area contributed by atoms with E-state index < -0.39 is 10.9 Å². The van der Waals surface area contributed by atoms with Crippen LogP contribution in [0.15, 0.2) is 48.7 Å². The molecule has 0 aliphatic carbocycles. The predicted molar refractivity (Wildman–Crippen MR) is 89.8 cm³/mol. The Hall–Kier alpha value is -2.70. The molecule has 0 bridgehead atoms. The third kappa shape index (κ3) is 3.02. The summed E-state index contributed by atoms with van der Waals surface area (Å²) >= 11 is 12.2. The first-order chi connectivity index (χ1) is 11.5. The Morgan fingerprint density at radius 1 is 1.12 bits per heavy atom. The Labute approximate surface area is 145 Å². The fourth-order valence-corrected chi connectivity index (χ4v) is 2.67. The van der Waals surface area contributed by atoms with Crippen molar-refractivity contribution in [1.82, 2.24) is 4.98 Å². The van der Waals surface area contributed by atoms with E-state index in [2.05, 4.69) is 4.98 Å². The molecular weight excluding hydrogens is 355 g/mol. The topological polar surface area (TPSA) is 82.3 Å². The maximum atomic E-state index is 12.3. The van der Waals surface area contributed by atoms with Crippen molar-refractivity contribution in [3.63, 3.8) is 0 Å². The molecule has 0 N–H and O–H groups in total. The Morgan fingerprint density at radius 3 is 2.50 bits per heavy atom. The summed E-state index contributed by atoms with van der Waals surface area (Å²) in [5, 5.41) is 11.8. The van der Waals surface area contributed by atoms with Crippen molar-refractivity contribution in [2.75, 3.05) is 0 Å². The summed E-state index contributed by atoms with van der Waals surface area (Å²) in [5.74, 6) is -0.624. The molecule has 0 saturated carbocycles. The molecule has 2 aromatic carbocycles. The van der Waals surface area contributed by atoms with Crippen molar-refractivity contribution in [3.8, 4) is 5.75 Å². The van der Waals surface area contributed by atoms with Crippen molar-refractivity contribution in [1.29, 1.82) is 0 Å². The highest BCUT2D eigenvalue weighted by molar-refractivity contribution is 6.39. The largest absolute Gasteiger partial charge is 0.419 e. The molecule has 0 aliphatic heterocycles. The highest BCUT2D eigenvalue weighted by Crippen LogP contribution is 2.37. The molecule has 0 fully saturated rings. The van der Waals surface area contributed by atoms with Gasteiger partial charge in [-0.3, -0.25) is 15.1 Å². The van der Waals surface area contributed by atoms with Crippen LogP contribution in [-0.2, 0) is 0 Å². The SMILES string of the molecule is O=C(Oc1c(Cl)cc(Cl)c2cccnc12)c1ccc([N+](=O)[O-])cc1. The van der Waals surface area contributed by atoms with E-state index in [0.29, 0.717) is 15.9 Å². The third-order valence-corrected chi connectivity index (χ3v) is 3.85. The van der Waals surface area contributed by atoms with Gasteiger partial charge in [-0.25, -0.2) is 4.79 Å². The first-order valence-corrected chi connectivity index (χ1v) is 7.42. The second-order valence-electron chi connectivity index (χ2n) is 4.76. The van der Waals surface area contributed by atoms with Crippen LogP contribution in [0.3, 0.4) is 0 Å². The van der Waals surface area contributed by atoms with Crippen LogP contribution in [0.4, 0.5) is 5.69 Å². The number of non-ortho nitro benzene ring substituents is 1. The highest BCUT2D eigenvalue weighted by atomic mass is 35.5. The molecule has 0 radical (unpaired) electrons. The number of rotatable bonds is 3. The number of fused-ring (bicyclic) bond motifs is 1. The number of hydrogen-bond acceptors (Lipinski definition) is 5. The summed E-state index contributed by atoms with van der Waals surface area (Å²) in [4.78, 5) is 26.5. The molecule has 0 unspecified atom stereocenters. The molecular formula is C16H8Cl2N2O4. The van der Waals surface area contributed by atoms with Crippen molar-refractivity contribution >= 4 is 45.8 Å². The summed E-state index contributed by atoms with van der Waals surface area (Å²) in [6.45, 7) is 0. The molecule has 0 saturated heterocycles. The molecule has 1 heterocycles. The maximum Gasteiger partial charge on any atom is 0.343 e. The lowest BCUT2D eigenvalue weighted by Gasteiger charge is -2.10. The number of esters is 1. The molecule has 3 rings (SSSR count). The maximum absolute atomic E-state index is 12.3. The zero-order chi connectivity index (χ0) is 17.3. The van der Waals surface area contributed by atoms with Gasteiger partial charge in [-0.05, 0) is 30.3 Å². The zero-order valence-electron chi connectivity index (χ0n) is 11.9. The van der Waals surface area contributed by atoms with Gasteiger partial charge < -0.3 is 4.74 Å². The molecule has 8 heteroatoms. The van der Waals surface area contributed by atoms with Gasteiger partial charge in [-0.1, -0.05) is 23.2 Å². The fraction of sp³-hybridized carbons (Fsp3) is 0. The van der Waals surface area contributed by atoms with Gasteiger partial charge in [0.2, 0.25) is 0 Å². The number of carbonyl (C=O) groups excluding carboxylic acids is 1. The van der Waals surface area contributed by atoms with Crippen molar-refractivity contribution in [2.24, 2.45) is 0 Å². The number of ether oxygens (including phenoxy) is 1. The second kappa shape index (κ2) is 6.43. The number of hydrogen-bond donors (Lipinski definition) is 0. The van der Waals surface area contributed by atoms with Gasteiger partial charge in [0.05, 0.1) is 20.5 Å². The van der Waals surface area contributed by atoms with E-state index in [0.717, 1.165) is 0 Å². The van der Waals surface area contributed by atoms with E-state index >= 15 is 0 Å². The summed E-state index contributed by atoms with van der Waals surface area (Å²) in [5.41, 5.74) is 0.379.